The molecule has 0 fully saturated rings. The largest absolute Gasteiger partial charge is 0.469 e. The minimum Gasteiger partial charge on any atom is -0.469 e. The van der Waals surface area contributed by atoms with Crippen LogP contribution in [0.4, 0.5) is 5.00 Å². The molecule has 0 saturated heterocycles. The molecule has 0 saturated carbocycles. The SMILES string of the molecule is COC(=O)c1c(NC(=O)/C(C#N)=C\c2ccc(C(C)C)cc2)sc2c1[C@@H](C(=O)OC)CC2. The summed E-state index contributed by atoms with van der Waals surface area (Å²) >= 11 is 1.21. The zero-order valence-electron chi connectivity index (χ0n) is 18.4. The summed E-state index contributed by atoms with van der Waals surface area (Å²) in [5.74, 6) is -1.94. The Morgan fingerprint density at radius 3 is 2.44 bits per heavy atom. The molecule has 1 atom stereocenters. The molecule has 0 unspecified atom stereocenters. The molecule has 2 aromatic rings. The quantitative estimate of drug-likeness (QED) is 0.395. The molecule has 1 N–H and O–H groups in total. The van der Waals surface area contributed by atoms with E-state index < -0.39 is 23.8 Å². The molecule has 0 bridgehead atoms. The molecular formula is C24H24N2O5S. The van der Waals surface area contributed by atoms with Gasteiger partial charge in [-0.3, -0.25) is 9.59 Å². The number of methoxy groups -OCH3 is 2. The predicted molar refractivity (Wildman–Crippen MR) is 121 cm³/mol. The molecule has 166 valence electrons. The van der Waals surface area contributed by atoms with Crippen molar-refractivity contribution in [2.24, 2.45) is 0 Å². The second-order valence-electron chi connectivity index (χ2n) is 7.69. The molecule has 8 heteroatoms. The van der Waals surface area contributed by atoms with Crippen molar-refractivity contribution in [3.63, 3.8) is 0 Å². The zero-order valence-corrected chi connectivity index (χ0v) is 19.2. The lowest BCUT2D eigenvalue weighted by Crippen LogP contribution is -2.18. The van der Waals surface area contributed by atoms with Crippen molar-refractivity contribution in [3.8, 4) is 6.07 Å². The van der Waals surface area contributed by atoms with Gasteiger partial charge in [0.1, 0.15) is 16.6 Å². The molecule has 7 nitrogen and oxygen atoms in total. The molecule has 32 heavy (non-hydrogen) atoms. The number of fused-ring (bicyclic) bond motifs is 1. The summed E-state index contributed by atoms with van der Waals surface area (Å²) < 4.78 is 9.77. The van der Waals surface area contributed by atoms with Crippen LogP contribution < -0.4 is 5.32 Å². The van der Waals surface area contributed by atoms with Gasteiger partial charge in [-0.15, -0.1) is 11.3 Å². The summed E-state index contributed by atoms with van der Waals surface area (Å²) in [4.78, 5) is 38.4. The predicted octanol–water partition coefficient (Wildman–Crippen LogP) is 4.41. The minimum absolute atomic E-state index is 0.101. The third-order valence-corrected chi connectivity index (χ3v) is 6.59. The van der Waals surface area contributed by atoms with Gasteiger partial charge >= 0.3 is 11.9 Å². The van der Waals surface area contributed by atoms with Crippen molar-refractivity contribution < 1.29 is 23.9 Å². The van der Waals surface area contributed by atoms with Gasteiger partial charge in [0, 0.05) is 4.88 Å². The summed E-state index contributed by atoms with van der Waals surface area (Å²) in [6.45, 7) is 4.17. The fourth-order valence-electron chi connectivity index (χ4n) is 3.70. The van der Waals surface area contributed by atoms with Gasteiger partial charge in [-0.25, -0.2) is 4.79 Å². The smallest absolute Gasteiger partial charge is 0.341 e. The zero-order chi connectivity index (χ0) is 23.4. The van der Waals surface area contributed by atoms with E-state index in [4.69, 9.17) is 9.47 Å². The highest BCUT2D eigenvalue weighted by Gasteiger charge is 2.38. The lowest BCUT2D eigenvalue weighted by molar-refractivity contribution is -0.142. The number of carbonyl (C=O) groups excluding carboxylic acids is 3. The number of carbonyl (C=O) groups is 3. The van der Waals surface area contributed by atoms with Gasteiger partial charge in [-0.1, -0.05) is 38.1 Å². The van der Waals surface area contributed by atoms with E-state index in [1.165, 1.54) is 31.6 Å². The molecule has 0 spiro atoms. The first-order valence-electron chi connectivity index (χ1n) is 10.2. The van der Waals surface area contributed by atoms with Crippen molar-refractivity contribution >= 4 is 40.3 Å². The molecule has 1 aromatic carbocycles. The number of esters is 2. The maximum atomic E-state index is 12.8. The Hall–Kier alpha value is -3.44. The number of benzene rings is 1. The number of nitrogens with zero attached hydrogens (tertiary/aromatic N) is 1. The number of hydrogen-bond acceptors (Lipinski definition) is 7. The van der Waals surface area contributed by atoms with Gasteiger partial charge in [0.15, 0.2) is 0 Å². The van der Waals surface area contributed by atoms with Crippen LogP contribution in [0.15, 0.2) is 29.8 Å². The molecule has 1 amide bonds. The first-order chi connectivity index (χ1) is 15.3. The van der Waals surface area contributed by atoms with E-state index in [2.05, 4.69) is 19.2 Å². The third kappa shape index (κ3) is 4.58. The summed E-state index contributed by atoms with van der Waals surface area (Å²) in [6.07, 6.45) is 2.61. The van der Waals surface area contributed by atoms with Gasteiger partial charge in [0.05, 0.1) is 25.7 Å². The number of ether oxygens (including phenoxy) is 2. The van der Waals surface area contributed by atoms with Gasteiger partial charge in [-0.05, 0) is 41.5 Å². The van der Waals surface area contributed by atoms with Crippen molar-refractivity contribution in [2.75, 3.05) is 19.5 Å². The highest BCUT2D eigenvalue weighted by Crippen LogP contribution is 2.46. The van der Waals surface area contributed by atoms with Crippen LogP contribution in [0.1, 0.15) is 64.0 Å². The number of thiophene rings is 1. The molecular weight excluding hydrogens is 428 g/mol. The summed E-state index contributed by atoms with van der Waals surface area (Å²) in [6, 6.07) is 9.52. The summed E-state index contributed by atoms with van der Waals surface area (Å²) in [5, 5.41) is 12.5. The Kier molecular flexibility index (Phi) is 7.11. The molecule has 0 radical (unpaired) electrons. The molecule has 3 rings (SSSR count). The molecule has 1 aliphatic carbocycles. The molecule has 1 aliphatic rings. The monoisotopic (exact) mass is 452 g/mol. The van der Waals surface area contributed by atoms with Crippen molar-refractivity contribution in [2.45, 2.75) is 38.5 Å². The van der Waals surface area contributed by atoms with Gasteiger partial charge in [-0.2, -0.15) is 5.26 Å². The van der Waals surface area contributed by atoms with Crippen LogP contribution in [0, 0.1) is 11.3 Å². The van der Waals surface area contributed by atoms with E-state index in [1.807, 2.05) is 30.3 Å². The lowest BCUT2D eigenvalue weighted by atomic mass is 9.99. The second-order valence-corrected chi connectivity index (χ2v) is 8.80. The Morgan fingerprint density at radius 2 is 1.88 bits per heavy atom. The minimum atomic E-state index is -0.652. The topological polar surface area (TPSA) is 105 Å². The third-order valence-electron chi connectivity index (χ3n) is 5.41. The van der Waals surface area contributed by atoms with Crippen LogP contribution in [0.5, 0.6) is 0 Å². The van der Waals surface area contributed by atoms with Gasteiger partial charge < -0.3 is 14.8 Å². The number of nitrogens with one attached hydrogen (secondary N) is 1. The summed E-state index contributed by atoms with van der Waals surface area (Å²) in [7, 11) is 2.53. The standard InChI is InChI=1S/C24H24N2O5S/c1-13(2)15-7-5-14(6-8-15)11-16(12-25)21(27)26-22-20(24(29)31-4)19-17(23(28)30-3)9-10-18(19)32-22/h5-8,11,13,17H,9-10H2,1-4H3,(H,26,27)/b16-11-/t17-/m0/s1. The number of nitriles is 1. The van der Waals surface area contributed by atoms with Crippen LogP contribution in [0.3, 0.4) is 0 Å². The van der Waals surface area contributed by atoms with Crippen molar-refractivity contribution in [1.82, 2.24) is 0 Å². The fourth-order valence-corrected chi connectivity index (χ4v) is 4.96. The number of amides is 1. The summed E-state index contributed by atoms with van der Waals surface area (Å²) in [5.41, 5.74) is 2.45. The number of anilines is 1. The van der Waals surface area contributed by atoms with Gasteiger partial charge in [0.25, 0.3) is 5.91 Å². The van der Waals surface area contributed by atoms with Crippen molar-refractivity contribution in [3.05, 3.63) is 57.0 Å². The fraction of sp³-hybridized carbons (Fsp3) is 0.333. The molecule has 1 aromatic heterocycles. The first kappa shape index (κ1) is 23.2. The van der Waals surface area contributed by atoms with E-state index >= 15 is 0 Å². The molecule has 0 aliphatic heterocycles. The van der Waals surface area contributed by atoms with E-state index in [1.54, 1.807) is 0 Å². The van der Waals surface area contributed by atoms with E-state index in [-0.39, 0.29) is 16.1 Å². The molecule has 1 heterocycles. The lowest BCUT2D eigenvalue weighted by Gasteiger charge is -2.11. The Bertz CT molecular complexity index is 1120. The van der Waals surface area contributed by atoms with Crippen LogP contribution >= 0.6 is 11.3 Å². The van der Waals surface area contributed by atoms with E-state index in [9.17, 15) is 19.6 Å². The highest BCUT2D eigenvalue weighted by molar-refractivity contribution is 7.17. The Balaban J connectivity index is 1.92. The van der Waals surface area contributed by atoms with Crippen molar-refractivity contribution in [1.29, 1.82) is 5.26 Å². The second kappa shape index (κ2) is 9.79. The van der Waals surface area contributed by atoms with E-state index in [0.717, 1.165) is 10.4 Å². The number of hydrogen-bond donors (Lipinski definition) is 1. The van der Waals surface area contributed by atoms with Crippen LogP contribution in [-0.4, -0.2) is 32.1 Å². The first-order valence-corrected chi connectivity index (χ1v) is 11.0. The van der Waals surface area contributed by atoms with Crippen LogP contribution in [0.25, 0.3) is 6.08 Å². The van der Waals surface area contributed by atoms with Crippen LogP contribution in [0.2, 0.25) is 0 Å². The maximum Gasteiger partial charge on any atom is 0.341 e. The average molecular weight is 453 g/mol. The van der Waals surface area contributed by atoms with Crippen LogP contribution in [-0.2, 0) is 25.5 Å². The number of aryl methyl sites for hydroxylation is 1. The Labute approximate surface area is 190 Å². The Morgan fingerprint density at radius 1 is 1.19 bits per heavy atom. The average Bonchev–Trinajstić information content (AvgIpc) is 3.35. The maximum absolute atomic E-state index is 12.8. The highest BCUT2D eigenvalue weighted by atomic mass is 32.1. The van der Waals surface area contributed by atoms with Gasteiger partial charge in [0.2, 0.25) is 0 Å². The number of rotatable bonds is 6. The van der Waals surface area contributed by atoms with E-state index in [0.29, 0.717) is 29.9 Å². The normalized spacial score (nSPS) is 15.1.